The third kappa shape index (κ3) is 5.44. The van der Waals surface area contributed by atoms with E-state index in [1.165, 1.54) is 5.56 Å². The standard InChI is InChI=1S/C20H27N3O2/c1-21(16-19-8-5-15-25-19)20(24)17-23-13-11-22(12-14-23)10-9-18-6-3-2-4-7-18/h2-8,15H,9-14,16-17H2,1H3. The fourth-order valence-corrected chi connectivity index (χ4v) is 3.14. The van der Waals surface area contributed by atoms with Crippen molar-refractivity contribution in [3.05, 3.63) is 60.1 Å². The summed E-state index contributed by atoms with van der Waals surface area (Å²) in [6, 6.07) is 14.4. The van der Waals surface area contributed by atoms with E-state index < -0.39 is 0 Å². The largest absolute Gasteiger partial charge is 0.467 e. The number of rotatable bonds is 7. The number of piperazine rings is 1. The van der Waals surface area contributed by atoms with Gasteiger partial charge in [0.1, 0.15) is 5.76 Å². The van der Waals surface area contributed by atoms with Gasteiger partial charge in [-0.3, -0.25) is 9.69 Å². The number of carbonyl (C=O) groups excluding carboxylic acids is 1. The van der Waals surface area contributed by atoms with Gasteiger partial charge in [-0.1, -0.05) is 30.3 Å². The molecule has 1 amide bonds. The van der Waals surface area contributed by atoms with E-state index in [4.69, 9.17) is 4.42 Å². The van der Waals surface area contributed by atoms with E-state index in [2.05, 4.69) is 40.1 Å². The molecule has 5 heteroatoms. The number of nitrogens with zero attached hydrogens (tertiary/aromatic N) is 3. The summed E-state index contributed by atoms with van der Waals surface area (Å²) in [6.45, 7) is 6.07. The van der Waals surface area contributed by atoms with Gasteiger partial charge in [-0.2, -0.15) is 0 Å². The van der Waals surface area contributed by atoms with Gasteiger partial charge in [-0.15, -0.1) is 0 Å². The van der Waals surface area contributed by atoms with Crippen molar-refractivity contribution in [2.45, 2.75) is 13.0 Å². The van der Waals surface area contributed by atoms with Crippen LogP contribution in [0.25, 0.3) is 0 Å². The molecule has 0 spiro atoms. The minimum Gasteiger partial charge on any atom is -0.467 e. The molecule has 0 saturated carbocycles. The van der Waals surface area contributed by atoms with Crippen LogP contribution < -0.4 is 0 Å². The fourth-order valence-electron chi connectivity index (χ4n) is 3.14. The van der Waals surface area contributed by atoms with Crippen LogP contribution in [0.15, 0.2) is 53.1 Å². The highest BCUT2D eigenvalue weighted by atomic mass is 16.3. The number of likely N-dealkylation sites (N-methyl/N-ethyl adjacent to an activating group) is 1. The molecule has 134 valence electrons. The van der Waals surface area contributed by atoms with Gasteiger partial charge in [0.05, 0.1) is 19.4 Å². The van der Waals surface area contributed by atoms with Gasteiger partial charge in [0.2, 0.25) is 5.91 Å². The van der Waals surface area contributed by atoms with E-state index >= 15 is 0 Å². The first kappa shape index (κ1) is 17.7. The molecule has 2 aromatic rings. The number of furan rings is 1. The Bertz CT molecular complexity index is 634. The molecule has 25 heavy (non-hydrogen) atoms. The van der Waals surface area contributed by atoms with E-state index in [9.17, 15) is 4.79 Å². The molecule has 1 fully saturated rings. The van der Waals surface area contributed by atoms with Gasteiger partial charge in [-0.05, 0) is 24.1 Å². The molecular weight excluding hydrogens is 314 g/mol. The summed E-state index contributed by atoms with van der Waals surface area (Å²) in [5.41, 5.74) is 1.39. The first-order valence-corrected chi connectivity index (χ1v) is 8.96. The lowest BCUT2D eigenvalue weighted by molar-refractivity contribution is -0.132. The molecule has 1 aromatic heterocycles. The monoisotopic (exact) mass is 341 g/mol. The van der Waals surface area contributed by atoms with E-state index in [-0.39, 0.29) is 5.91 Å². The molecule has 5 nitrogen and oxygen atoms in total. The average molecular weight is 341 g/mol. The fraction of sp³-hybridized carbons (Fsp3) is 0.450. The smallest absolute Gasteiger partial charge is 0.236 e. The van der Waals surface area contributed by atoms with Crippen molar-refractivity contribution >= 4 is 5.91 Å². The van der Waals surface area contributed by atoms with Gasteiger partial charge in [-0.25, -0.2) is 0 Å². The molecule has 0 aliphatic carbocycles. The van der Waals surface area contributed by atoms with E-state index in [1.54, 1.807) is 11.2 Å². The Balaban J connectivity index is 1.36. The maximum absolute atomic E-state index is 12.4. The minimum absolute atomic E-state index is 0.147. The van der Waals surface area contributed by atoms with Crippen molar-refractivity contribution in [1.29, 1.82) is 0 Å². The first-order chi connectivity index (χ1) is 12.2. The quantitative estimate of drug-likeness (QED) is 0.773. The Morgan fingerprint density at radius 2 is 1.76 bits per heavy atom. The summed E-state index contributed by atoms with van der Waals surface area (Å²) >= 11 is 0. The van der Waals surface area contributed by atoms with Crippen molar-refractivity contribution in [1.82, 2.24) is 14.7 Å². The molecule has 0 N–H and O–H groups in total. The van der Waals surface area contributed by atoms with Crippen LogP contribution in [0.2, 0.25) is 0 Å². The maximum atomic E-state index is 12.4. The van der Waals surface area contributed by atoms with Crippen molar-refractivity contribution in [3.63, 3.8) is 0 Å². The molecule has 0 atom stereocenters. The van der Waals surface area contributed by atoms with Crippen LogP contribution in [0.5, 0.6) is 0 Å². The zero-order valence-corrected chi connectivity index (χ0v) is 14.9. The van der Waals surface area contributed by atoms with Gasteiger partial charge in [0.15, 0.2) is 0 Å². The number of benzene rings is 1. The summed E-state index contributed by atoms with van der Waals surface area (Å²) in [4.78, 5) is 18.8. The number of hydrogen-bond donors (Lipinski definition) is 0. The van der Waals surface area contributed by atoms with Crippen LogP contribution in [0, 0.1) is 0 Å². The third-order valence-corrected chi connectivity index (χ3v) is 4.78. The van der Waals surface area contributed by atoms with Crippen LogP contribution in [0.3, 0.4) is 0 Å². The van der Waals surface area contributed by atoms with Crippen LogP contribution >= 0.6 is 0 Å². The number of amides is 1. The Morgan fingerprint density at radius 1 is 1.04 bits per heavy atom. The van der Waals surface area contributed by atoms with Crippen molar-refractivity contribution < 1.29 is 9.21 Å². The van der Waals surface area contributed by atoms with Crippen LogP contribution in [-0.2, 0) is 17.8 Å². The molecule has 0 unspecified atom stereocenters. The van der Waals surface area contributed by atoms with Gasteiger partial charge in [0.25, 0.3) is 0 Å². The van der Waals surface area contributed by atoms with Gasteiger partial charge >= 0.3 is 0 Å². The highest BCUT2D eigenvalue weighted by Gasteiger charge is 2.20. The van der Waals surface area contributed by atoms with Crippen molar-refractivity contribution in [2.24, 2.45) is 0 Å². The number of carbonyl (C=O) groups is 1. The average Bonchev–Trinajstić information content (AvgIpc) is 3.15. The first-order valence-electron chi connectivity index (χ1n) is 8.96. The highest BCUT2D eigenvalue weighted by molar-refractivity contribution is 5.77. The van der Waals surface area contributed by atoms with Gasteiger partial charge < -0.3 is 14.2 Å². The second-order valence-corrected chi connectivity index (χ2v) is 6.68. The molecular formula is C20H27N3O2. The molecule has 1 aliphatic heterocycles. The summed E-state index contributed by atoms with van der Waals surface area (Å²) in [6.07, 6.45) is 2.73. The molecule has 1 saturated heterocycles. The molecule has 0 bridgehead atoms. The second kappa shape index (κ2) is 8.83. The zero-order chi connectivity index (χ0) is 17.5. The third-order valence-electron chi connectivity index (χ3n) is 4.78. The SMILES string of the molecule is CN(Cc1ccco1)C(=O)CN1CCN(CCc2ccccc2)CC1. The minimum atomic E-state index is 0.147. The van der Waals surface area contributed by atoms with Crippen molar-refractivity contribution in [2.75, 3.05) is 46.3 Å². The molecule has 2 heterocycles. The Labute approximate surface area is 149 Å². The summed E-state index contributed by atoms with van der Waals surface area (Å²) in [5.74, 6) is 0.968. The molecule has 3 rings (SSSR count). The second-order valence-electron chi connectivity index (χ2n) is 6.68. The lowest BCUT2D eigenvalue weighted by atomic mass is 10.1. The summed E-state index contributed by atoms with van der Waals surface area (Å²) in [5, 5.41) is 0. The highest BCUT2D eigenvalue weighted by Crippen LogP contribution is 2.08. The topological polar surface area (TPSA) is 39.9 Å². The summed E-state index contributed by atoms with van der Waals surface area (Å²) < 4.78 is 5.31. The molecule has 1 aliphatic rings. The lowest BCUT2D eigenvalue weighted by Crippen LogP contribution is -2.49. The Morgan fingerprint density at radius 3 is 2.44 bits per heavy atom. The van der Waals surface area contributed by atoms with Crippen LogP contribution in [0.4, 0.5) is 0 Å². The van der Waals surface area contributed by atoms with Crippen LogP contribution in [-0.4, -0.2) is 66.9 Å². The van der Waals surface area contributed by atoms with Crippen molar-refractivity contribution in [3.8, 4) is 0 Å². The zero-order valence-electron chi connectivity index (χ0n) is 14.9. The van der Waals surface area contributed by atoms with E-state index in [0.717, 1.165) is 44.9 Å². The maximum Gasteiger partial charge on any atom is 0.236 e. The summed E-state index contributed by atoms with van der Waals surface area (Å²) in [7, 11) is 1.83. The van der Waals surface area contributed by atoms with E-state index in [0.29, 0.717) is 13.1 Å². The Hall–Kier alpha value is -2.11. The predicted octanol–water partition coefficient (Wildman–Crippen LogP) is 2.10. The van der Waals surface area contributed by atoms with Crippen LogP contribution in [0.1, 0.15) is 11.3 Å². The van der Waals surface area contributed by atoms with E-state index in [1.807, 2.05) is 19.2 Å². The normalized spacial score (nSPS) is 16.0. The predicted molar refractivity (Wildman–Crippen MR) is 98.2 cm³/mol. The van der Waals surface area contributed by atoms with Gasteiger partial charge in [0, 0.05) is 39.8 Å². The number of hydrogen-bond acceptors (Lipinski definition) is 4. The molecule has 1 aromatic carbocycles. The lowest BCUT2D eigenvalue weighted by Gasteiger charge is -2.35. The molecule has 0 radical (unpaired) electrons. The Kier molecular flexibility index (Phi) is 6.25.